The van der Waals surface area contributed by atoms with Gasteiger partial charge in [-0.05, 0) is 30.2 Å². The predicted molar refractivity (Wildman–Crippen MR) is 111 cm³/mol. The van der Waals surface area contributed by atoms with E-state index in [1.807, 2.05) is 0 Å². The molecule has 0 aliphatic carbocycles. The molecular formula is C20H43F3Si2. The molecule has 0 aromatic carbocycles. The first kappa shape index (κ1) is 25.2. The lowest BCUT2D eigenvalue weighted by Crippen LogP contribution is -2.32. The second-order valence-electron chi connectivity index (χ2n) is 7.94. The van der Waals surface area contributed by atoms with Crippen LogP contribution in [0.1, 0.15) is 97.8 Å². The van der Waals surface area contributed by atoms with Gasteiger partial charge in [0, 0.05) is 0 Å². The Morgan fingerprint density at radius 1 is 0.440 bits per heavy atom. The van der Waals surface area contributed by atoms with Gasteiger partial charge in [0.2, 0.25) is 8.41 Å². The van der Waals surface area contributed by atoms with Crippen LogP contribution in [0, 0.1) is 0 Å². The van der Waals surface area contributed by atoms with E-state index in [1.54, 1.807) is 0 Å². The highest BCUT2D eigenvalue weighted by molar-refractivity contribution is 6.76. The molecule has 0 aromatic heterocycles. The van der Waals surface area contributed by atoms with Gasteiger partial charge in [-0.2, -0.15) is 0 Å². The Balaban J connectivity index is 4.36. The number of hydrogen-bond donors (Lipinski definition) is 0. The molecule has 0 aliphatic heterocycles. The Labute approximate surface area is 157 Å². The molecule has 0 heterocycles. The maximum Gasteiger partial charge on any atom is 0.424 e. The van der Waals surface area contributed by atoms with Crippen LogP contribution >= 0.6 is 0 Å². The smallest absolute Gasteiger partial charge is 0.314 e. The van der Waals surface area contributed by atoms with Crippen molar-refractivity contribution in [2.75, 3.05) is 0 Å². The summed E-state index contributed by atoms with van der Waals surface area (Å²) in [6, 6.07) is 1.49. The zero-order valence-electron chi connectivity index (χ0n) is 17.2. The zero-order chi connectivity index (χ0) is 19.0. The maximum atomic E-state index is 15.4. The second kappa shape index (κ2) is 15.3. The van der Waals surface area contributed by atoms with Crippen molar-refractivity contribution < 1.29 is 12.3 Å². The lowest BCUT2D eigenvalue weighted by atomic mass is 10.2. The lowest BCUT2D eigenvalue weighted by Gasteiger charge is -2.24. The van der Waals surface area contributed by atoms with E-state index < -0.39 is 17.1 Å². The Morgan fingerprint density at radius 2 is 0.840 bits per heavy atom. The fraction of sp³-hybridized carbons (Fsp3) is 1.00. The number of unbranched alkanes of at least 4 members (excludes halogenated alkanes) is 9. The van der Waals surface area contributed by atoms with Gasteiger partial charge in [0.1, 0.15) is 0 Å². The fourth-order valence-electron chi connectivity index (χ4n) is 3.45. The summed E-state index contributed by atoms with van der Waals surface area (Å²) in [5.74, 6) is 0. The lowest BCUT2D eigenvalue weighted by molar-refractivity contribution is 0.564. The van der Waals surface area contributed by atoms with Gasteiger partial charge in [0.15, 0.2) is 0 Å². The molecule has 0 saturated carbocycles. The summed E-state index contributed by atoms with van der Waals surface area (Å²) in [5, 5.41) is 0. The van der Waals surface area contributed by atoms with Crippen LogP contribution in [0.3, 0.4) is 0 Å². The molecule has 0 nitrogen and oxygen atoms in total. The summed E-state index contributed by atoms with van der Waals surface area (Å²) in [7, 11) is -7.14. The topological polar surface area (TPSA) is 0 Å². The Morgan fingerprint density at radius 3 is 1.24 bits per heavy atom. The molecule has 152 valence electrons. The monoisotopic (exact) mass is 396 g/mol. The minimum atomic E-state index is -4.18. The van der Waals surface area contributed by atoms with E-state index in [-0.39, 0.29) is 18.1 Å². The molecule has 0 aromatic rings. The van der Waals surface area contributed by atoms with E-state index in [0.717, 1.165) is 70.6 Å². The van der Waals surface area contributed by atoms with E-state index >= 15 is 4.11 Å². The SMILES string of the molecule is CCCCCC[Si](F)(F)CC[Si](F)(CCCCCC)CCCCCC. The van der Waals surface area contributed by atoms with E-state index in [2.05, 4.69) is 20.8 Å². The summed E-state index contributed by atoms with van der Waals surface area (Å²) >= 11 is 0. The molecule has 0 spiro atoms. The number of hydrogen-bond acceptors (Lipinski definition) is 0. The number of rotatable bonds is 18. The standard InChI is InChI=1S/C20H43F3Si2/c1-4-7-10-13-16-24(21,17-14-11-8-5-2)19-20-25(22,23)18-15-12-9-6-3/h4-20H2,1-3H3. The number of halogens is 3. The summed E-state index contributed by atoms with van der Waals surface area (Å²) < 4.78 is 44.0. The third-order valence-electron chi connectivity index (χ3n) is 5.29. The van der Waals surface area contributed by atoms with Gasteiger partial charge in [-0.25, -0.2) is 0 Å². The highest BCUT2D eigenvalue weighted by Crippen LogP contribution is 2.34. The van der Waals surface area contributed by atoms with Crippen molar-refractivity contribution in [1.29, 1.82) is 0 Å². The summed E-state index contributed by atoms with van der Waals surface area (Å²) in [6.45, 7) is 6.39. The van der Waals surface area contributed by atoms with E-state index in [0.29, 0.717) is 18.5 Å². The van der Waals surface area contributed by atoms with Crippen LogP contribution in [0.15, 0.2) is 0 Å². The van der Waals surface area contributed by atoms with Crippen LogP contribution in [-0.2, 0) is 0 Å². The van der Waals surface area contributed by atoms with Crippen LogP contribution < -0.4 is 0 Å². The minimum absolute atomic E-state index is 0.0800. The molecule has 25 heavy (non-hydrogen) atoms. The Kier molecular flexibility index (Phi) is 15.4. The molecule has 0 N–H and O–H groups in total. The van der Waals surface area contributed by atoms with Crippen molar-refractivity contribution in [3.63, 3.8) is 0 Å². The van der Waals surface area contributed by atoms with Gasteiger partial charge < -0.3 is 4.11 Å². The second-order valence-corrected chi connectivity index (χ2v) is 14.5. The average molecular weight is 397 g/mol. The van der Waals surface area contributed by atoms with Crippen LogP contribution in [0.2, 0.25) is 30.2 Å². The van der Waals surface area contributed by atoms with E-state index in [1.165, 1.54) is 0 Å². The minimum Gasteiger partial charge on any atom is -0.314 e. The van der Waals surface area contributed by atoms with Gasteiger partial charge in [-0.1, -0.05) is 97.8 Å². The van der Waals surface area contributed by atoms with Crippen molar-refractivity contribution in [1.82, 2.24) is 0 Å². The van der Waals surface area contributed by atoms with E-state index in [4.69, 9.17) is 0 Å². The molecule has 0 rings (SSSR count). The quantitative estimate of drug-likeness (QED) is 0.123. The first-order valence-electron chi connectivity index (χ1n) is 11.0. The van der Waals surface area contributed by atoms with Crippen molar-refractivity contribution in [2.24, 2.45) is 0 Å². The molecular weight excluding hydrogens is 353 g/mol. The van der Waals surface area contributed by atoms with Crippen LogP contribution in [0.4, 0.5) is 12.3 Å². The third kappa shape index (κ3) is 15.0. The van der Waals surface area contributed by atoms with Crippen LogP contribution in [-0.4, -0.2) is 17.1 Å². The normalized spacial score (nSPS) is 12.7. The van der Waals surface area contributed by atoms with E-state index in [9.17, 15) is 8.22 Å². The zero-order valence-corrected chi connectivity index (χ0v) is 19.2. The molecule has 5 heteroatoms. The van der Waals surface area contributed by atoms with Crippen molar-refractivity contribution >= 4 is 17.1 Å². The molecule has 0 unspecified atom stereocenters. The van der Waals surface area contributed by atoms with Gasteiger partial charge in [-0.15, -0.1) is 0 Å². The van der Waals surface area contributed by atoms with Gasteiger partial charge in [0.05, 0.1) is 0 Å². The summed E-state index contributed by atoms with van der Waals surface area (Å²) in [5.41, 5.74) is 0. The highest BCUT2D eigenvalue weighted by Gasteiger charge is 2.41. The average Bonchev–Trinajstić information content (AvgIpc) is 2.58. The van der Waals surface area contributed by atoms with Gasteiger partial charge in [-0.3, -0.25) is 8.22 Å². The molecule has 0 amide bonds. The molecule has 0 saturated heterocycles. The predicted octanol–water partition coefficient (Wildman–Crippen LogP) is 9.02. The van der Waals surface area contributed by atoms with Gasteiger partial charge in [0.25, 0.3) is 0 Å². The first-order chi connectivity index (χ1) is 11.9. The van der Waals surface area contributed by atoms with Crippen molar-refractivity contribution in [2.45, 2.75) is 128 Å². The molecule has 0 fully saturated rings. The third-order valence-corrected chi connectivity index (χ3v) is 11.5. The summed E-state index contributed by atoms with van der Waals surface area (Å²) in [6.07, 6.45) is 12.2. The molecule has 0 bridgehead atoms. The Hall–Kier alpha value is 0.224. The molecule has 0 radical (unpaired) electrons. The van der Waals surface area contributed by atoms with Crippen molar-refractivity contribution in [3.05, 3.63) is 0 Å². The fourth-order valence-corrected chi connectivity index (χ4v) is 10.2. The maximum absolute atomic E-state index is 15.4. The van der Waals surface area contributed by atoms with Crippen molar-refractivity contribution in [3.8, 4) is 0 Å². The highest BCUT2D eigenvalue weighted by atomic mass is 28.4. The van der Waals surface area contributed by atoms with Crippen LogP contribution in [0.25, 0.3) is 0 Å². The molecule has 0 aliphatic rings. The van der Waals surface area contributed by atoms with Crippen LogP contribution in [0.5, 0.6) is 0 Å². The van der Waals surface area contributed by atoms with Gasteiger partial charge >= 0.3 is 8.74 Å². The largest absolute Gasteiger partial charge is 0.424 e. The summed E-state index contributed by atoms with van der Waals surface area (Å²) in [4.78, 5) is 0. The first-order valence-corrected chi connectivity index (χ1v) is 15.6. The molecule has 0 atom stereocenters. The Bertz CT molecular complexity index is 287.